The van der Waals surface area contributed by atoms with E-state index in [-0.39, 0.29) is 11.7 Å². The number of aryl methyl sites for hydroxylation is 1. The minimum atomic E-state index is -3.17. The summed E-state index contributed by atoms with van der Waals surface area (Å²) in [5.41, 5.74) is 0.899. The maximum atomic E-state index is 12.4. The Hall–Kier alpha value is -1.47. The molecule has 0 saturated carbocycles. The van der Waals surface area contributed by atoms with Crippen LogP contribution in [-0.4, -0.2) is 46.1 Å². The molecule has 0 spiro atoms. The molecule has 0 radical (unpaired) electrons. The zero-order valence-corrected chi connectivity index (χ0v) is 14.8. The van der Waals surface area contributed by atoms with Gasteiger partial charge >= 0.3 is 0 Å². The third-order valence-electron chi connectivity index (χ3n) is 4.73. The van der Waals surface area contributed by atoms with Gasteiger partial charge in [0.15, 0.2) is 0 Å². The second-order valence-corrected chi connectivity index (χ2v) is 8.57. The molecule has 0 unspecified atom stereocenters. The zero-order chi connectivity index (χ0) is 16.6. The topological polar surface area (TPSA) is 68.1 Å². The van der Waals surface area contributed by atoms with Crippen LogP contribution in [0.25, 0.3) is 11.0 Å². The quantitative estimate of drug-likeness (QED) is 0.858. The molecular weight excluding hydrogens is 312 g/mol. The molecular formula is C16H24N4O2S. The first-order valence-electron chi connectivity index (χ1n) is 8.18. The Morgan fingerprint density at radius 2 is 2.17 bits per heavy atom. The summed E-state index contributed by atoms with van der Waals surface area (Å²) in [6.45, 7) is 5.15. The van der Waals surface area contributed by atoms with E-state index in [2.05, 4.69) is 11.9 Å². The Morgan fingerprint density at radius 3 is 2.91 bits per heavy atom. The van der Waals surface area contributed by atoms with Crippen LogP contribution in [0.1, 0.15) is 38.4 Å². The van der Waals surface area contributed by atoms with E-state index in [0.29, 0.717) is 25.4 Å². The van der Waals surface area contributed by atoms with Crippen LogP contribution in [0, 0.1) is 5.92 Å². The van der Waals surface area contributed by atoms with Gasteiger partial charge in [-0.05, 0) is 24.8 Å². The van der Waals surface area contributed by atoms with Gasteiger partial charge in [0.1, 0.15) is 11.5 Å². The van der Waals surface area contributed by atoms with Crippen LogP contribution in [0.15, 0.2) is 18.5 Å². The van der Waals surface area contributed by atoms with Crippen molar-refractivity contribution in [1.82, 2.24) is 18.8 Å². The molecule has 126 valence electrons. The normalized spacial score (nSPS) is 23.4. The summed E-state index contributed by atoms with van der Waals surface area (Å²) in [7, 11) is -1.21. The molecule has 2 aromatic rings. The minimum Gasteiger partial charge on any atom is -0.335 e. The molecule has 3 rings (SSSR count). The van der Waals surface area contributed by atoms with Crippen LogP contribution in [0.4, 0.5) is 0 Å². The van der Waals surface area contributed by atoms with Gasteiger partial charge in [0, 0.05) is 43.8 Å². The monoisotopic (exact) mass is 336 g/mol. The van der Waals surface area contributed by atoms with E-state index in [9.17, 15) is 8.42 Å². The molecule has 2 atom stereocenters. The van der Waals surface area contributed by atoms with Gasteiger partial charge < -0.3 is 4.57 Å². The first kappa shape index (κ1) is 16.4. The second kappa shape index (κ2) is 6.20. The predicted octanol–water partition coefficient (Wildman–Crippen LogP) is 2.13. The molecule has 2 aromatic heterocycles. The van der Waals surface area contributed by atoms with Crippen molar-refractivity contribution in [1.29, 1.82) is 0 Å². The fourth-order valence-electron chi connectivity index (χ4n) is 3.25. The number of fused-ring (bicyclic) bond motifs is 1. The molecule has 0 bridgehead atoms. The maximum absolute atomic E-state index is 12.4. The maximum Gasteiger partial charge on any atom is 0.214 e. The molecule has 23 heavy (non-hydrogen) atoms. The number of nitrogens with zero attached hydrogens (tertiary/aromatic N) is 4. The molecule has 0 aromatic carbocycles. The van der Waals surface area contributed by atoms with Crippen LogP contribution >= 0.6 is 0 Å². The predicted molar refractivity (Wildman–Crippen MR) is 90.7 cm³/mol. The minimum absolute atomic E-state index is 0.0506. The molecule has 1 fully saturated rings. The highest BCUT2D eigenvalue weighted by atomic mass is 32.2. The van der Waals surface area contributed by atoms with Crippen LogP contribution in [0.3, 0.4) is 0 Å². The fraction of sp³-hybridized carbons (Fsp3) is 0.625. The molecule has 7 heteroatoms. The average molecular weight is 336 g/mol. The van der Waals surface area contributed by atoms with Gasteiger partial charge in [-0.2, -0.15) is 0 Å². The van der Waals surface area contributed by atoms with Gasteiger partial charge in [-0.3, -0.25) is 0 Å². The van der Waals surface area contributed by atoms with Crippen LogP contribution in [-0.2, 0) is 17.1 Å². The Morgan fingerprint density at radius 1 is 1.39 bits per heavy atom. The molecule has 3 heterocycles. The largest absolute Gasteiger partial charge is 0.335 e. The molecule has 0 amide bonds. The highest BCUT2D eigenvalue weighted by molar-refractivity contribution is 7.89. The van der Waals surface area contributed by atoms with Crippen molar-refractivity contribution in [2.75, 3.05) is 18.8 Å². The van der Waals surface area contributed by atoms with Gasteiger partial charge in [-0.15, -0.1) is 0 Å². The molecule has 1 aliphatic heterocycles. The van der Waals surface area contributed by atoms with Gasteiger partial charge in [-0.25, -0.2) is 22.7 Å². The molecule has 6 nitrogen and oxygen atoms in total. The van der Waals surface area contributed by atoms with Crippen molar-refractivity contribution in [2.45, 2.75) is 32.6 Å². The third kappa shape index (κ3) is 3.12. The Kier molecular flexibility index (Phi) is 4.42. The summed E-state index contributed by atoms with van der Waals surface area (Å²) in [5, 5.41) is 1.01. The summed E-state index contributed by atoms with van der Waals surface area (Å²) in [6.07, 6.45) is 5.29. The lowest BCUT2D eigenvalue weighted by Gasteiger charge is -2.35. The van der Waals surface area contributed by atoms with E-state index >= 15 is 0 Å². The first-order valence-corrected chi connectivity index (χ1v) is 9.79. The average Bonchev–Trinajstić information content (AvgIpc) is 2.88. The zero-order valence-electron chi connectivity index (χ0n) is 13.9. The second-order valence-electron chi connectivity index (χ2n) is 6.48. The van der Waals surface area contributed by atoms with Crippen LogP contribution in [0.5, 0.6) is 0 Å². The summed E-state index contributed by atoms with van der Waals surface area (Å²) >= 11 is 0. The van der Waals surface area contributed by atoms with Gasteiger partial charge in [-0.1, -0.05) is 13.8 Å². The van der Waals surface area contributed by atoms with E-state index in [1.807, 2.05) is 37.0 Å². The number of hydrogen-bond donors (Lipinski definition) is 0. The molecule has 1 saturated heterocycles. The van der Waals surface area contributed by atoms with Crippen molar-refractivity contribution < 1.29 is 8.42 Å². The van der Waals surface area contributed by atoms with E-state index in [1.165, 1.54) is 0 Å². The van der Waals surface area contributed by atoms with E-state index < -0.39 is 10.0 Å². The lowest BCUT2D eigenvalue weighted by Crippen LogP contribution is -2.43. The summed E-state index contributed by atoms with van der Waals surface area (Å²) < 4.78 is 28.3. The summed E-state index contributed by atoms with van der Waals surface area (Å²) in [5.74, 6) is 1.39. The number of rotatable bonds is 4. The highest BCUT2D eigenvalue weighted by Crippen LogP contribution is 2.32. The van der Waals surface area contributed by atoms with E-state index in [0.717, 1.165) is 23.3 Å². The van der Waals surface area contributed by atoms with Gasteiger partial charge in [0.2, 0.25) is 10.0 Å². The SMILES string of the molecule is CCCS(=O)(=O)N1CC[C@@H](C)[C@@H](c2ncc3ccn(C)c3n2)C1. The Balaban J connectivity index is 1.91. The number of aromatic nitrogens is 3. The Bertz CT molecular complexity index is 800. The smallest absolute Gasteiger partial charge is 0.214 e. The van der Waals surface area contributed by atoms with Crippen molar-refractivity contribution in [3.05, 3.63) is 24.3 Å². The fourth-order valence-corrected chi connectivity index (χ4v) is 4.80. The summed E-state index contributed by atoms with van der Waals surface area (Å²) in [6, 6.07) is 1.99. The van der Waals surface area contributed by atoms with Crippen molar-refractivity contribution in [2.24, 2.45) is 13.0 Å². The Labute approximate surface area is 137 Å². The van der Waals surface area contributed by atoms with Crippen LogP contribution < -0.4 is 0 Å². The lowest BCUT2D eigenvalue weighted by atomic mass is 9.87. The van der Waals surface area contributed by atoms with Crippen molar-refractivity contribution >= 4 is 21.1 Å². The lowest BCUT2D eigenvalue weighted by molar-refractivity contribution is 0.245. The standard InChI is InChI=1S/C16H24N4O2S/c1-4-9-23(21,22)20-8-5-12(2)14(11-20)15-17-10-13-6-7-19(3)16(13)18-15/h6-7,10,12,14H,4-5,8-9,11H2,1-3H3/t12-,14+/m1/s1. The number of piperidine rings is 1. The van der Waals surface area contributed by atoms with E-state index in [1.54, 1.807) is 4.31 Å². The third-order valence-corrected chi connectivity index (χ3v) is 6.78. The summed E-state index contributed by atoms with van der Waals surface area (Å²) in [4.78, 5) is 9.21. The van der Waals surface area contributed by atoms with Gasteiger partial charge in [0.25, 0.3) is 0 Å². The molecule has 1 aliphatic rings. The number of sulfonamides is 1. The molecule has 0 aliphatic carbocycles. The highest BCUT2D eigenvalue weighted by Gasteiger charge is 2.34. The van der Waals surface area contributed by atoms with Crippen molar-refractivity contribution in [3.8, 4) is 0 Å². The van der Waals surface area contributed by atoms with Crippen molar-refractivity contribution in [3.63, 3.8) is 0 Å². The van der Waals surface area contributed by atoms with E-state index in [4.69, 9.17) is 4.98 Å². The number of hydrogen-bond acceptors (Lipinski definition) is 4. The van der Waals surface area contributed by atoms with Crippen LogP contribution in [0.2, 0.25) is 0 Å². The first-order chi connectivity index (χ1) is 10.9. The van der Waals surface area contributed by atoms with Gasteiger partial charge in [0.05, 0.1) is 5.75 Å². The molecule has 0 N–H and O–H groups in total.